The van der Waals surface area contributed by atoms with Crippen molar-refractivity contribution in [2.24, 2.45) is 0 Å². The molecule has 0 radical (unpaired) electrons. The largest absolute Gasteiger partial charge is 0.354 e. The molecule has 1 fully saturated rings. The van der Waals surface area contributed by atoms with Gasteiger partial charge in [0.15, 0.2) is 5.13 Å². The third-order valence-electron chi connectivity index (χ3n) is 5.40. The second-order valence-electron chi connectivity index (χ2n) is 7.85. The molecular formula is C23H27ClN4OS2. The Hall–Kier alpha value is -1.80. The first kappa shape index (κ1) is 22.4. The van der Waals surface area contributed by atoms with Gasteiger partial charge in [0.05, 0.1) is 16.0 Å². The standard InChI is InChI=1S/C23H27ClN4OS2/c1-16-13-17(2)22-20(14-16)31-23(26-22)28-11-9-27(10-12-28)8-7-25-21(29)15-30-19-5-3-18(24)4-6-19/h3-6,13-14H,7-12,15H2,1-2H3,(H,25,29). The van der Waals surface area contributed by atoms with Crippen LogP contribution in [0.15, 0.2) is 41.3 Å². The average Bonchev–Trinajstić information content (AvgIpc) is 3.18. The lowest BCUT2D eigenvalue weighted by atomic mass is 10.1. The molecule has 1 aliphatic heterocycles. The summed E-state index contributed by atoms with van der Waals surface area (Å²) < 4.78 is 1.27. The summed E-state index contributed by atoms with van der Waals surface area (Å²) in [6.07, 6.45) is 0. The van der Waals surface area contributed by atoms with Gasteiger partial charge in [-0.05, 0) is 55.3 Å². The third-order valence-corrected chi connectivity index (χ3v) is 7.72. The third kappa shape index (κ3) is 5.92. The number of carbonyl (C=O) groups excluding carboxylic acids is 1. The van der Waals surface area contributed by atoms with Crippen molar-refractivity contribution in [3.05, 3.63) is 52.5 Å². The summed E-state index contributed by atoms with van der Waals surface area (Å²) in [5.41, 5.74) is 3.67. The molecule has 1 amide bonds. The quantitative estimate of drug-likeness (QED) is 0.507. The van der Waals surface area contributed by atoms with Gasteiger partial charge in [-0.2, -0.15) is 0 Å². The number of hydrogen-bond donors (Lipinski definition) is 1. The Morgan fingerprint density at radius 1 is 1.16 bits per heavy atom. The van der Waals surface area contributed by atoms with Crippen LogP contribution >= 0.6 is 34.7 Å². The second kappa shape index (κ2) is 10.2. The van der Waals surface area contributed by atoms with Gasteiger partial charge >= 0.3 is 0 Å². The molecule has 8 heteroatoms. The van der Waals surface area contributed by atoms with E-state index in [0.29, 0.717) is 17.3 Å². The van der Waals surface area contributed by atoms with Crippen LogP contribution in [-0.2, 0) is 4.79 Å². The molecule has 0 unspecified atom stereocenters. The number of carbonyl (C=O) groups is 1. The highest BCUT2D eigenvalue weighted by Gasteiger charge is 2.20. The lowest BCUT2D eigenvalue weighted by Crippen LogP contribution is -2.48. The van der Waals surface area contributed by atoms with E-state index in [-0.39, 0.29) is 5.91 Å². The van der Waals surface area contributed by atoms with Crippen LogP contribution in [0.1, 0.15) is 11.1 Å². The van der Waals surface area contributed by atoms with E-state index in [2.05, 4.69) is 41.1 Å². The summed E-state index contributed by atoms with van der Waals surface area (Å²) in [7, 11) is 0. The monoisotopic (exact) mass is 474 g/mol. The molecule has 1 saturated heterocycles. The zero-order valence-corrected chi connectivity index (χ0v) is 20.2. The number of thioether (sulfide) groups is 1. The molecule has 2 heterocycles. The molecule has 1 aliphatic rings. The van der Waals surface area contributed by atoms with Crippen molar-refractivity contribution in [1.82, 2.24) is 15.2 Å². The first-order valence-corrected chi connectivity index (χ1v) is 12.7. The first-order valence-electron chi connectivity index (χ1n) is 10.5. The highest BCUT2D eigenvalue weighted by Crippen LogP contribution is 2.32. The molecule has 5 nitrogen and oxygen atoms in total. The van der Waals surface area contributed by atoms with Crippen LogP contribution in [0.2, 0.25) is 5.02 Å². The van der Waals surface area contributed by atoms with Crippen LogP contribution in [0.4, 0.5) is 5.13 Å². The molecule has 0 atom stereocenters. The van der Waals surface area contributed by atoms with Crippen molar-refractivity contribution in [3.8, 4) is 0 Å². The van der Waals surface area contributed by atoms with E-state index in [1.54, 1.807) is 11.3 Å². The highest BCUT2D eigenvalue weighted by molar-refractivity contribution is 8.00. The Balaban J connectivity index is 1.18. The Bertz CT molecular complexity index is 1050. The number of thiazole rings is 1. The minimum atomic E-state index is 0.0683. The Morgan fingerprint density at radius 3 is 2.65 bits per heavy atom. The van der Waals surface area contributed by atoms with Gasteiger partial charge in [-0.1, -0.05) is 29.0 Å². The Morgan fingerprint density at radius 2 is 1.90 bits per heavy atom. The van der Waals surface area contributed by atoms with Crippen LogP contribution < -0.4 is 10.2 Å². The second-order valence-corrected chi connectivity index (χ2v) is 10.3. The number of halogens is 1. The summed E-state index contributed by atoms with van der Waals surface area (Å²) in [6.45, 7) is 9.75. The molecule has 2 aromatic carbocycles. The molecule has 3 aromatic rings. The molecule has 1 N–H and O–H groups in total. The summed E-state index contributed by atoms with van der Waals surface area (Å²) in [6, 6.07) is 12.0. The van der Waals surface area contributed by atoms with Crippen molar-refractivity contribution in [3.63, 3.8) is 0 Å². The SMILES string of the molecule is Cc1cc(C)c2nc(N3CCN(CCNC(=O)CSc4ccc(Cl)cc4)CC3)sc2c1. The number of nitrogens with one attached hydrogen (secondary N) is 1. The van der Waals surface area contributed by atoms with Gasteiger partial charge in [0, 0.05) is 49.2 Å². The average molecular weight is 475 g/mol. The lowest BCUT2D eigenvalue weighted by molar-refractivity contribution is -0.118. The zero-order valence-electron chi connectivity index (χ0n) is 17.9. The van der Waals surface area contributed by atoms with Gasteiger partial charge in [-0.3, -0.25) is 9.69 Å². The van der Waals surface area contributed by atoms with Gasteiger partial charge in [0.1, 0.15) is 0 Å². The van der Waals surface area contributed by atoms with E-state index in [4.69, 9.17) is 16.6 Å². The number of piperazine rings is 1. The number of aromatic nitrogens is 1. The Labute approximate surface area is 196 Å². The van der Waals surface area contributed by atoms with Crippen molar-refractivity contribution < 1.29 is 4.79 Å². The van der Waals surface area contributed by atoms with Crippen molar-refractivity contribution >= 4 is 56.0 Å². The topological polar surface area (TPSA) is 48.5 Å². The molecule has 31 heavy (non-hydrogen) atoms. The fourth-order valence-electron chi connectivity index (χ4n) is 3.74. The summed E-state index contributed by atoms with van der Waals surface area (Å²) in [5.74, 6) is 0.491. The first-order chi connectivity index (χ1) is 15.0. The molecule has 164 valence electrons. The number of amides is 1. The number of fused-ring (bicyclic) bond motifs is 1. The number of rotatable bonds is 7. The predicted octanol–water partition coefficient (Wildman–Crippen LogP) is 4.60. The van der Waals surface area contributed by atoms with E-state index in [1.165, 1.54) is 27.6 Å². The van der Waals surface area contributed by atoms with Crippen LogP contribution in [0.25, 0.3) is 10.2 Å². The number of aryl methyl sites for hydroxylation is 2. The summed E-state index contributed by atoms with van der Waals surface area (Å²) in [5, 5.41) is 4.86. The van der Waals surface area contributed by atoms with Gasteiger partial charge in [0.2, 0.25) is 5.91 Å². The molecule has 1 aromatic heterocycles. The predicted molar refractivity (Wildman–Crippen MR) is 133 cm³/mol. The molecule has 0 spiro atoms. The number of nitrogens with zero attached hydrogens (tertiary/aromatic N) is 3. The van der Waals surface area contributed by atoms with E-state index < -0.39 is 0 Å². The van der Waals surface area contributed by atoms with Crippen LogP contribution in [0.3, 0.4) is 0 Å². The van der Waals surface area contributed by atoms with E-state index >= 15 is 0 Å². The zero-order chi connectivity index (χ0) is 21.8. The summed E-state index contributed by atoms with van der Waals surface area (Å²) in [4.78, 5) is 22.9. The van der Waals surface area contributed by atoms with Gasteiger partial charge in [-0.25, -0.2) is 4.98 Å². The molecule has 0 aliphatic carbocycles. The van der Waals surface area contributed by atoms with Gasteiger partial charge < -0.3 is 10.2 Å². The number of anilines is 1. The maximum atomic E-state index is 12.1. The van der Waals surface area contributed by atoms with E-state index in [1.807, 2.05) is 24.3 Å². The highest BCUT2D eigenvalue weighted by atomic mass is 35.5. The molecule has 4 rings (SSSR count). The van der Waals surface area contributed by atoms with E-state index in [0.717, 1.165) is 48.3 Å². The van der Waals surface area contributed by atoms with Crippen molar-refractivity contribution in [2.75, 3.05) is 49.9 Å². The van der Waals surface area contributed by atoms with Crippen LogP contribution in [-0.4, -0.2) is 60.8 Å². The van der Waals surface area contributed by atoms with Crippen molar-refractivity contribution in [1.29, 1.82) is 0 Å². The maximum absolute atomic E-state index is 12.1. The van der Waals surface area contributed by atoms with Gasteiger partial charge in [0.25, 0.3) is 0 Å². The van der Waals surface area contributed by atoms with Crippen molar-refractivity contribution in [2.45, 2.75) is 18.7 Å². The summed E-state index contributed by atoms with van der Waals surface area (Å²) >= 11 is 9.21. The minimum absolute atomic E-state index is 0.0683. The smallest absolute Gasteiger partial charge is 0.230 e. The normalized spacial score (nSPS) is 14.9. The van der Waals surface area contributed by atoms with Crippen LogP contribution in [0, 0.1) is 13.8 Å². The molecule has 0 saturated carbocycles. The molecule has 0 bridgehead atoms. The minimum Gasteiger partial charge on any atom is -0.354 e. The molecular weight excluding hydrogens is 448 g/mol. The van der Waals surface area contributed by atoms with E-state index in [9.17, 15) is 4.79 Å². The number of hydrogen-bond acceptors (Lipinski definition) is 6. The van der Waals surface area contributed by atoms with Gasteiger partial charge in [-0.15, -0.1) is 11.8 Å². The van der Waals surface area contributed by atoms with Crippen LogP contribution in [0.5, 0.6) is 0 Å². The lowest BCUT2D eigenvalue weighted by Gasteiger charge is -2.34. The fraction of sp³-hybridized carbons (Fsp3) is 0.391. The Kier molecular flexibility index (Phi) is 7.38. The number of benzene rings is 2. The maximum Gasteiger partial charge on any atom is 0.230 e. The fourth-order valence-corrected chi connectivity index (χ4v) is 5.79.